The van der Waals surface area contributed by atoms with Crippen LogP contribution in [0.25, 0.3) is 0 Å². The third-order valence-electron chi connectivity index (χ3n) is 3.16. The molecule has 0 unspecified atom stereocenters. The molecule has 21 heavy (non-hydrogen) atoms. The summed E-state index contributed by atoms with van der Waals surface area (Å²) in [6.07, 6.45) is 1.04. The average Bonchev–Trinajstić information content (AvgIpc) is 2.43. The summed E-state index contributed by atoms with van der Waals surface area (Å²) in [6, 6.07) is 5.26. The number of halogens is 2. The lowest BCUT2D eigenvalue weighted by atomic mass is 10.3. The monoisotopic (exact) mass is 347 g/mol. The van der Waals surface area contributed by atoms with Crippen LogP contribution in [0.1, 0.15) is 6.42 Å². The summed E-state index contributed by atoms with van der Waals surface area (Å²) in [5.41, 5.74) is 0.790. The molecule has 1 saturated heterocycles. The van der Waals surface area contributed by atoms with Gasteiger partial charge in [-0.1, -0.05) is 23.2 Å². The number of rotatable bonds is 5. The van der Waals surface area contributed by atoms with Crippen molar-refractivity contribution in [1.29, 1.82) is 0 Å². The van der Waals surface area contributed by atoms with E-state index >= 15 is 0 Å². The van der Waals surface area contributed by atoms with E-state index in [9.17, 15) is 0 Å². The summed E-state index contributed by atoms with van der Waals surface area (Å²) < 4.78 is 5.32. The molecule has 0 bridgehead atoms. The normalized spacial score (nSPS) is 15.7. The number of morpholine rings is 1. The zero-order chi connectivity index (χ0) is 15.1. The number of nitrogens with zero attached hydrogens (tertiary/aromatic N) is 1. The van der Waals surface area contributed by atoms with Crippen molar-refractivity contribution in [3.63, 3.8) is 0 Å². The van der Waals surface area contributed by atoms with E-state index in [4.69, 9.17) is 40.2 Å². The van der Waals surface area contributed by atoms with Crippen molar-refractivity contribution in [1.82, 2.24) is 10.2 Å². The van der Waals surface area contributed by atoms with E-state index in [1.165, 1.54) is 0 Å². The molecule has 1 aliphatic rings. The van der Waals surface area contributed by atoms with E-state index in [1.54, 1.807) is 18.2 Å². The zero-order valence-corrected chi connectivity index (χ0v) is 14.0. The Hall–Kier alpha value is -0.590. The first-order valence-corrected chi connectivity index (χ1v) is 8.11. The highest BCUT2D eigenvalue weighted by Gasteiger charge is 2.09. The van der Waals surface area contributed by atoms with Gasteiger partial charge in [-0.3, -0.25) is 4.90 Å². The van der Waals surface area contributed by atoms with Gasteiger partial charge in [0.2, 0.25) is 0 Å². The van der Waals surface area contributed by atoms with Gasteiger partial charge >= 0.3 is 0 Å². The highest BCUT2D eigenvalue weighted by Crippen LogP contribution is 2.22. The lowest BCUT2D eigenvalue weighted by Crippen LogP contribution is -2.38. The Balaban J connectivity index is 1.65. The number of hydrogen-bond donors (Lipinski definition) is 2. The lowest BCUT2D eigenvalue weighted by molar-refractivity contribution is 0.0376. The van der Waals surface area contributed by atoms with Crippen molar-refractivity contribution in [2.45, 2.75) is 6.42 Å². The molecule has 0 saturated carbocycles. The number of thiocarbonyl (C=S) groups is 1. The topological polar surface area (TPSA) is 36.5 Å². The van der Waals surface area contributed by atoms with Crippen molar-refractivity contribution in [2.24, 2.45) is 0 Å². The fraction of sp³-hybridized carbons (Fsp3) is 0.500. The molecule has 2 rings (SSSR count). The summed E-state index contributed by atoms with van der Waals surface area (Å²) in [5.74, 6) is 0. The summed E-state index contributed by atoms with van der Waals surface area (Å²) in [7, 11) is 0. The Bertz CT molecular complexity index is 461. The van der Waals surface area contributed by atoms with Crippen LogP contribution in [0.15, 0.2) is 18.2 Å². The highest BCUT2D eigenvalue weighted by molar-refractivity contribution is 7.80. The molecular formula is C14H19Cl2N3OS. The largest absolute Gasteiger partial charge is 0.379 e. The number of anilines is 1. The van der Waals surface area contributed by atoms with E-state index in [1.807, 2.05) is 0 Å². The third-order valence-corrected chi connectivity index (χ3v) is 3.84. The van der Waals surface area contributed by atoms with Crippen LogP contribution in [0, 0.1) is 0 Å². The van der Waals surface area contributed by atoms with E-state index in [0.717, 1.165) is 51.5 Å². The molecule has 0 aliphatic carbocycles. The summed E-state index contributed by atoms with van der Waals surface area (Å²) in [4.78, 5) is 2.40. The van der Waals surface area contributed by atoms with Crippen molar-refractivity contribution < 1.29 is 4.74 Å². The number of nitrogens with one attached hydrogen (secondary N) is 2. The van der Waals surface area contributed by atoms with Crippen LogP contribution in [0.5, 0.6) is 0 Å². The van der Waals surface area contributed by atoms with Crippen LogP contribution in [0.4, 0.5) is 5.69 Å². The van der Waals surface area contributed by atoms with Gasteiger partial charge in [0.15, 0.2) is 5.11 Å². The minimum Gasteiger partial charge on any atom is -0.379 e. The van der Waals surface area contributed by atoms with Crippen molar-refractivity contribution in [3.8, 4) is 0 Å². The first-order valence-electron chi connectivity index (χ1n) is 6.94. The van der Waals surface area contributed by atoms with Crippen LogP contribution >= 0.6 is 35.4 Å². The predicted molar refractivity (Wildman–Crippen MR) is 92.6 cm³/mol. The maximum absolute atomic E-state index is 5.94. The SMILES string of the molecule is S=C(NCCCN1CCOCC1)Nc1cc(Cl)cc(Cl)c1. The van der Waals surface area contributed by atoms with E-state index in [-0.39, 0.29) is 0 Å². The fourth-order valence-corrected chi connectivity index (χ4v) is 2.88. The molecular weight excluding hydrogens is 329 g/mol. The molecule has 4 nitrogen and oxygen atoms in total. The van der Waals surface area contributed by atoms with E-state index in [2.05, 4.69) is 15.5 Å². The van der Waals surface area contributed by atoms with Crippen molar-refractivity contribution in [3.05, 3.63) is 28.2 Å². The van der Waals surface area contributed by atoms with Gasteiger partial charge in [-0.25, -0.2) is 0 Å². The molecule has 1 aromatic rings. The molecule has 1 aliphatic heterocycles. The minimum atomic E-state index is 0.579. The fourth-order valence-electron chi connectivity index (χ4n) is 2.13. The van der Waals surface area contributed by atoms with Crippen molar-refractivity contribution >= 4 is 46.2 Å². The number of hydrogen-bond acceptors (Lipinski definition) is 3. The zero-order valence-electron chi connectivity index (χ0n) is 11.7. The third kappa shape index (κ3) is 6.36. The Morgan fingerprint density at radius 2 is 1.86 bits per heavy atom. The van der Waals surface area contributed by atoms with Crippen LogP contribution in [-0.2, 0) is 4.74 Å². The van der Waals surface area contributed by atoms with Crippen LogP contribution in [0.2, 0.25) is 10.0 Å². The first kappa shape index (κ1) is 16.8. The minimum absolute atomic E-state index is 0.579. The Kier molecular flexibility index (Phi) is 6.99. The molecule has 1 aromatic carbocycles. The van der Waals surface area contributed by atoms with Crippen LogP contribution in [-0.4, -0.2) is 49.4 Å². The Labute approximate surface area is 140 Å². The molecule has 0 amide bonds. The second kappa shape index (κ2) is 8.76. The molecule has 116 valence electrons. The Morgan fingerprint density at radius 3 is 2.52 bits per heavy atom. The standard InChI is InChI=1S/C14H19Cl2N3OS/c15-11-8-12(16)10-13(9-11)18-14(21)17-2-1-3-19-4-6-20-7-5-19/h8-10H,1-7H2,(H2,17,18,21). The summed E-state index contributed by atoms with van der Waals surface area (Å²) in [5, 5.41) is 8.01. The quantitative estimate of drug-likeness (QED) is 0.632. The molecule has 7 heteroatoms. The molecule has 0 spiro atoms. The van der Waals surface area contributed by atoms with Gasteiger partial charge in [0.25, 0.3) is 0 Å². The second-order valence-electron chi connectivity index (χ2n) is 4.85. The molecule has 0 atom stereocenters. The van der Waals surface area contributed by atoms with Gasteiger partial charge in [-0.05, 0) is 43.4 Å². The molecule has 1 heterocycles. The van der Waals surface area contributed by atoms with Crippen LogP contribution in [0.3, 0.4) is 0 Å². The highest BCUT2D eigenvalue weighted by atomic mass is 35.5. The van der Waals surface area contributed by atoms with Crippen molar-refractivity contribution in [2.75, 3.05) is 44.7 Å². The summed E-state index contributed by atoms with van der Waals surface area (Å²) >= 11 is 17.1. The van der Waals surface area contributed by atoms with E-state index < -0.39 is 0 Å². The van der Waals surface area contributed by atoms with Crippen LogP contribution < -0.4 is 10.6 Å². The summed E-state index contributed by atoms with van der Waals surface area (Å²) in [6.45, 7) is 5.60. The average molecular weight is 348 g/mol. The van der Waals surface area contributed by atoms with Gasteiger partial charge < -0.3 is 15.4 Å². The smallest absolute Gasteiger partial charge is 0.170 e. The number of ether oxygens (including phenoxy) is 1. The van der Waals surface area contributed by atoms with Gasteiger partial charge in [0, 0.05) is 35.4 Å². The lowest BCUT2D eigenvalue weighted by Gasteiger charge is -2.26. The number of benzene rings is 1. The van der Waals surface area contributed by atoms with Gasteiger partial charge in [0.1, 0.15) is 0 Å². The first-order chi connectivity index (χ1) is 10.1. The molecule has 1 fully saturated rings. The second-order valence-corrected chi connectivity index (χ2v) is 6.13. The van der Waals surface area contributed by atoms with Gasteiger partial charge in [-0.15, -0.1) is 0 Å². The Morgan fingerprint density at radius 1 is 1.19 bits per heavy atom. The molecule has 0 aromatic heterocycles. The maximum Gasteiger partial charge on any atom is 0.170 e. The van der Waals surface area contributed by atoms with Gasteiger partial charge in [-0.2, -0.15) is 0 Å². The van der Waals surface area contributed by atoms with Gasteiger partial charge in [0.05, 0.1) is 13.2 Å². The maximum atomic E-state index is 5.94. The van der Waals surface area contributed by atoms with E-state index in [0.29, 0.717) is 15.2 Å². The molecule has 2 N–H and O–H groups in total. The molecule has 0 radical (unpaired) electrons. The predicted octanol–water partition coefficient (Wildman–Crippen LogP) is 3.00.